The zero-order chi connectivity index (χ0) is 20.2. The molecule has 2 aromatic heterocycles. The first-order chi connectivity index (χ1) is 14.1. The van der Waals surface area contributed by atoms with Crippen molar-refractivity contribution in [1.29, 1.82) is 0 Å². The summed E-state index contributed by atoms with van der Waals surface area (Å²) in [7, 11) is 0. The van der Waals surface area contributed by atoms with Crippen molar-refractivity contribution < 1.29 is 14.7 Å². The predicted molar refractivity (Wildman–Crippen MR) is 111 cm³/mol. The van der Waals surface area contributed by atoms with Gasteiger partial charge < -0.3 is 15.4 Å². The molecule has 0 unspecified atom stereocenters. The van der Waals surface area contributed by atoms with E-state index in [-0.39, 0.29) is 11.3 Å². The molecule has 0 spiro atoms. The number of carbonyl (C=O) groups excluding carboxylic acids is 1. The van der Waals surface area contributed by atoms with Gasteiger partial charge in [-0.3, -0.25) is 9.78 Å². The fraction of sp³-hybridized carbons (Fsp3) is 0. The number of aromatic carboxylic acids is 1. The van der Waals surface area contributed by atoms with Gasteiger partial charge in [0.25, 0.3) is 5.91 Å². The number of carboxylic acid groups (broad SMARTS) is 1. The highest BCUT2D eigenvalue weighted by molar-refractivity contribution is 6.08. The molecule has 0 aliphatic rings. The number of rotatable bonds is 5. The van der Waals surface area contributed by atoms with E-state index < -0.39 is 11.9 Å². The van der Waals surface area contributed by atoms with E-state index >= 15 is 0 Å². The number of aromatic amines is 1. The zero-order valence-electron chi connectivity index (χ0n) is 15.3. The van der Waals surface area contributed by atoms with E-state index in [2.05, 4.69) is 15.3 Å². The van der Waals surface area contributed by atoms with Gasteiger partial charge in [0, 0.05) is 35.4 Å². The highest BCUT2D eigenvalue weighted by atomic mass is 16.4. The van der Waals surface area contributed by atoms with Crippen molar-refractivity contribution in [3.05, 3.63) is 96.4 Å². The van der Waals surface area contributed by atoms with Crippen LogP contribution in [0.2, 0.25) is 0 Å². The molecule has 4 rings (SSSR count). The first kappa shape index (κ1) is 18.2. The van der Waals surface area contributed by atoms with Crippen LogP contribution in [0.1, 0.15) is 20.7 Å². The highest BCUT2D eigenvalue weighted by Crippen LogP contribution is 2.26. The number of amides is 1. The van der Waals surface area contributed by atoms with Gasteiger partial charge in [-0.25, -0.2) is 4.79 Å². The van der Waals surface area contributed by atoms with Gasteiger partial charge in [-0.1, -0.05) is 36.4 Å². The summed E-state index contributed by atoms with van der Waals surface area (Å²) < 4.78 is 0. The summed E-state index contributed by atoms with van der Waals surface area (Å²) in [6.07, 6.45) is 4.91. The number of hydrogen-bond donors (Lipinski definition) is 3. The third-order valence-corrected chi connectivity index (χ3v) is 4.51. The lowest BCUT2D eigenvalue weighted by atomic mass is 10.0. The van der Waals surface area contributed by atoms with Crippen LogP contribution in [-0.4, -0.2) is 27.0 Å². The Labute approximate surface area is 166 Å². The van der Waals surface area contributed by atoms with Crippen molar-refractivity contribution in [2.45, 2.75) is 0 Å². The summed E-state index contributed by atoms with van der Waals surface area (Å²) in [4.78, 5) is 31.7. The Morgan fingerprint density at radius 1 is 0.862 bits per heavy atom. The van der Waals surface area contributed by atoms with Gasteiger partial charge in [0.1, 0.15) is 0 Å². The van der Waals surface area contributed by atoms with Gasteiger partial charge in [-0.2, -0.15) is 0 Å². The maximum atomic E-state index is 12.8. The Hall–Kier alpha value is -4.19. The monoisotopic (exact) mass is 383 g/mol. The van der Waals surface area contributed by atoms with Crippen LogP contribution in [0.3, 0.4) is 0 Å². The topological polar surface area (TPSA) is 95.1 Å². The summed E-state index contributed by atoms with van der Waals surface area (Å²) in [5.74, 6) is -1.55. The number of carboxylic acids is 1. The number of anilines is 1. The third kappa shape index (κ3) is 3.91. The number of nitrogens with one attached hydrogen (secondary N) is 2. The molecule has 0 fully saturated rings. The van der Waals surface area contributed by atoms with Crippen molar-refractivity contribution in [2.24, 2.45) is 0 Å². The van der Waals surface area contributed by atoms with Crippen molar-refractivity contribution in [3.63, 3.8) is 0 Å². The molecule has 0 saturated heterocycles. The van der Waals surface area contributed by atoms with Crippen LogP contribution in [0, 0.1) is 0 Å². The molecule has 0 bridgehead atoms. The van der Waals surface area contributed by atoms with E-state index in [4.69, 9.17) is 0 Å². The number of hydrogen-bond acceptors (Lipinski definition) is 3. The summed E-state index contributed by atoms with van der Waals surface area (Å²) in [5.41, 5.74) is 3.91. The fourth-order valence-corrected chi connectivity index (χ4v) is 3.06. The highest BCUT2D eigenvalue weighted by Gasteiger charge is 2.16. The molecule has 2 heterocycles. The van der Waals surface area contributed by atoms with Gasteiger partial charge in [0.05, 0.1) is 16.8 Å². The molecule has 0 atom stereocenters. The van der Waals surface area contributed by atoms with Gasteiger partial charge in [0.15, 0.2) is 0 Å². The summed E-state index contributed by atoms with van der Waals surface area (Å²) >= 11 is 0. The number of carbonyl (C=O) groups is 2. The van der Waals surface area contributed by atoms with Crippen molar-refractivity contribution in [2.75, 3.05) is 5.32 Å². The third-order valence-electron chi connectivity index (χ3n) is 4.51. The fourth-order valence-electron chi connectivity index (χ4n) is 3.06. The first-order valence-electron chi connectivity index (χ1n) is 8.95. The molecule has 6 heteroatoms. The van der Waals surface area contributed by atoms with Gasteiger partial charge in [0.2, 0.25) is 0 Å². The average molecular weight is 383 g/mol. The Balaban J connectivity index is 1.66. The number of pyridine rings is 1. The molecule has 0 radical (unpaired) electrons. The summed E-state index contributed by atoms with van der Waals surface area (Å²) in [6, 6.07) is 19.9. The SMILES string of the molecule is O=C(Nc1cc(-c2ccc[nH]2)ccc1C(=O)O)c1cncc(-c2ccccc2)c1. The minimum Gasteiger partial charge on any atom is -0.478 e. The van der Waals surface area contributed by atoms with Crippen LogP contribution in [0.4, 0.5) is 5.69 Å². The van der Waals surface area contributed by atoms with Gasteiger partial charge >= 0.3 is 5.97 Å². The molecule has 2 aromatic carbocycles. The van der Waals surface area contributed by atoms with Crippen LogP contribution >= 0.6 is 0 Å². The molecule has 3 N–H and O–H groups in total. The van der Waals surface area contributed by atoms with E-state index in [1.54, 1.807) is 30.6 Å². The molecular formula is C23H17N3O3. The molecule has 6 nitrogen and oxygen atoms in total. The normalized spacial score (nSPS) is 10.5. The van der Waals surface area contributed by atoms with Crippen molar-refractivity contribution >= 4 is 17.6 Å². The molecule has 1 amide bonds. The second kappa shape index (κ2) is 7.82. The molecule has 0 saturated carbocycles. The summed E-state index contributed by atoms with van der Waals surface area (Å²) in [6.45, 7) is 0. The lowest BCUT2D eigenvalue weighted by molar-refractivity contribution is 0.0698. The standard InChI is InChI=1S/C23H17N3O3/c27-22(18-11-17(13-24-14-18)15-5-2-1-3-6-15)26-21-12-16(20-7-4-10-25-20)8-9-19(21)23(28)29/h1-14,25H,(H,26,27)(H,28,29). The quantitative estimate of drug-likeness (QED) is 0.466. The maximum absolute atomic E-state index is 12.8. The van der Waals surface area contributed by atoms with Crippen molar-refractivity contribution in [3.8, 4) is 22.4 Å². The van der Waals surface area contributed by atoms with Gasteiger partial charge in [-0.05, 0) is 35.9 Å². The lowest BCUT2D eigenvalue weighted by Gasteiger charge is -2.11. The van der Waals surface area contributed by atoms with E-state index in [9.17, 15) is 14.7 Å². The van der Waals surface area contributed by atoms with Gasteiger partial charge in [-0.15, -0.1) is 0 Å². The van der Waals surface area contributed by atoms with Crippen LogP contribution < -0.4 is 5.32 Å². The molecule has 142 valence electrons. The summed E-state index contributed by atoms with van der Waals surface area (Å²) in [5, 5.41) is 12.2. The van der Waals surface area contributed by atoms with Crippen molar-refractivity contribution in [1.82, 2.24) is 9.97 Å². The Bertz CT molecular complexity index is 1170. The lowest BCUT2D eigenvalue weighted by Crippen LogP contribution is -2.15. The van der Waals surface area contributed by atoms with E-state index in [0.29, 0.717) is 5.56 Å². The number of H-pyrrole nitrogens is 1. The largest absolute Gasteiger partial charge is 0.478 e. The Morgan fingerprint density at radius 3 is 2.41 bits per heavy atom. The molecule has 4 aromatic rings. The van der Waals surface area contributed by atoms with E-state index in [0.717, 1.165) is 22.4 Å². The zero-order valence-corrected chi connectivity index (χ0v) is 15.3. The minimum absolute atomic E-state index is 0.0147. The Morgan fingerprint density at radius 2 is 1.69 bits per heavy atom. The number of nitrogens with zero attached hydrogens (tertiary/aromatic N) is 1. The molecule has 0 aliphatic carbocycles. The predicted octanol–water partition coefficient (Wildman–Crippen LogP) is 4.69. The van der Waals surface area contributed by atoms with Crippen LogP contribution in [0.15, 0.2) is 85.3 Å². The van der Waals surface area contributed by atoms with Crippen LogP contribution in [0.25, 0.3) is 22.4 Å². The number of benzene rings is 2. The minimum atomic E-state index is -1.12. The van der Waals surface area contributed by atoms with E-state index in [1.165, 1.54) is 12.3 Å². The molecule has 29 heavy (non-hydrogen) atoms. The molecule has 0 aliphatic heterocycles. The average Bonchev–Trinajstić information content (AvgIpc) is 3.29. The smallest absolute Gasteiger partial charge is 0.337 e. The van der Waals surface area contributed by atoms with E-state index in [1.807, 2.05) is 42.5 Å². The molecular weight excluding hydrogens is 366 g/mol. The van der Waals surface area contributed by atoms with Crippen LogP contribution in [0.5, 0.6) is 0 Å². The first-order valence-corrected chi connectivity index (χ1v) is 8.95. The Kier molecular flexibility index (Phi) is 4.90. The van der Waals surface area contributed by atoms with Crippen LogP contribution in [-0.2, 0) is 0 Å². The second-order valence-corrected chi connectivity index (χ2v) is 6.43. The second-order valence-electron chi connectivity index (χ2n) is 6.43. The maximum Gasteiger partial charge on any atom is 0.337 e. The number of aromatic nitrogens is 2.